The second kappa shape index (κ2) is 6.44. The number of nitrogens with one attached hydrogen (secondary N) is 1. The molecule has 0 aromatic carbocycles. The molecule has 88 valence electrons. The molecule has 0 saturated carbocycles. The highest BCUT2D eigenvalue weighted by Crippen LogP contribution is 2.13. The summed E-state index contributed by atoms with van der Waals surface area (Å²) in [6, 6.07) is 1.50. The van der Waals surface area contributed by atoms with Crippen molar-refractivity contribution in [1.29, 1.82) is 0 Å². The minimum atomic E-state index is -0.334. The van der Waals surface area contributed by atoms with E-state index in [-0.39, 0.29) is 12.0 Å². The van der Waals surface area contributed by atoms with Crippen LogP contribution in [0.25, 0.3) is 0 Å². The van der Waals surface area contributed by atoms with Gasteiger partial charge in [0.25, 0.3) is 0 Å². The number of esters is 1. The number of hydrogen-bond acceptors (Lipinski definition) is 6. The van der Waals surface area contributed by atoms with Gasteiger partial charge in [0.05, 0.1) is 7.11 Å². The Balaban J connectivity index is 2.52. The lowest BCUT2D eigenvalue weighted by Gasteiger charge is -2.12. The summed E-state index contributed by atoms with van der Waals surface area (Å²) >= 11 is 1.43. The number of aryl methyl sites for hydroxylation is 1. The Morgan fingerprint density at radius 2 is 2.44 bits per heavy atom. The molecule has 0 radical (unpaired) electrons. The van der Waals surface area contributed by atoms with Crippen molar-refractivity contribution in [2.75, 3.05) is 19.9 Å². The molecule has 6 heteroatoms. The summed E-state index contributed by atoms with van der Waals surface area (Å²) in [5, 5.41) is 3.56. The smallest absolute Gasteiger partial charge is 0.323 e. The Hall–Kier alpha value is -1.14. The largest absolute Gasteiger partial charge is 0.468 e. The van der Waals surface area contributed by atoms with E-state index in [0.29, 0.717) is 10.9 Å². The molecule has 0 fully saturated rings. The zero-order valence-corrected chi connectivity index (χ0v) is 10.4. The fraction of sp³-hybridized carbons (Fsp3) is 0.500. The summed E-state index contributed by atoms with van der Waals surface area (Å²) in [5.41, 5.74) is 0.913. The Kier molecular flexibility index (Phi) is 5.21. The first-order chi connectivity index (χ1) is 7.67. The quantitative estimate of drug-likeness (QED) is 0.463. The number of carbonyl (C=O) groups excluding carboxylic acids is 1. The minimum absolute atomic E-state index is 0.275. The van der Waals surface area contributed by atoms with Crippen molar-refractivity contribution < 1.29 is 9.53 Å². The van der Waals surface area contributed by atoms with Crippen molar-refractivity contribution in [3.05, 3.63) is 18.0 Å². The molecule has 0 bridgehead atoms. The first-order valence-electron chi connectivity index (χ1n) is 4.85. The SMILES string of the molecule is CNC(CSc1nccc(C)n1)C(=O)OC. The molecule has 0 aliphatic heterocycles. The van der Waals surface area contributed by atoms with Crippen molar-refractivity contribution in [3.8, 4) is 0 Å². The molecule has 1 atom stereocenters. The topological polar surface area (TPSA) is 64.1 Å². The van der Waals surface area contributed by atoms with Gasteiger partial charge in [0.1, 0.15) is 6.04 Å². The summed E-state index contributed by atoms with van der Waals surface area (Å²) in [7, 11) is 3.10. The average Bonchev–Trinajstić information content (AvgIpc) is 2.29. The number of likely N-dealkylation sites (N-methyl/N-ethyl adjacent to an activating group) is 1. The van der Waals surface area contributed by atoms with Crippen LogP contribution in [0.1, 0.15) is 5.69 Å². The molecule has 0 spiro atoms. The normalized spacial score (nSPS) is 12.2. The molecule has 16 heavy (non-hydrogen) atoms. The van der Waals surface area contributed by atoms with Gasteiger partial charge >= 0.3 is 5.97 Å². The van der Waals surface area contributed by atoms with Crippen LogP contribution in [0.2, 0.25) is 0 Å². The number of hydrogen-bond donors (Lipinski definition) is 1. The van der Waals surface area contributed by atoms with Crippen LogP contribution in [-0.2, 0) is 9.53 Å². The maximum absolute atomic E-state index is 11.3. The van der Waals surface area contributed by atoms with Crippen LogP contribution in [0.3, 0.4) is 0 Å². The van der Waals surface area contributed by atoms with E-state index < -0.39 is 0 Å². The van der Waals surface area contributed by atoms with Crippen LogP contribution in [-0.4, -0.2) is 41.9 Å². The lowest BCUT2D eigenvalue weighted by Crippen LogP contribution is -2.37. The maximum atomic E-state index is 11.3. The number of ether oxygens (including phenoxy) is 1. The third kappa shape index (κ3) is 3.79. The zero-order valence-electron chi connectivity index (χ0n) is 9.56. The van der Waals surface area contributed by atoms with Gasteiger partial charge in [-0.15, -0.1) is 0 Å². The third-order valence-corrected chi connectivity index (χ3v) is 2.94. The van der Waals surface area contributed by atoms with E-state index in [2.05, 4.69) is 20.0 Å². The molecular formula is C10H15N3O2S. The number of nitrogens with zero attached hydrogens (tertiary/aromatic N) is 2. The Morgan fingerprint density at radius 3 is 3.00 bits per heavy atom. The third-order valence-electron chi connectivity index (χ3n) is 1.99. The van der Waals surface area contributed by atoms with E-state index in [1.165, 1.54) is 18.9 Å². The molecule has 1 rings (SSSR count). The second-order valence-corrected chi connectivity index (χ2v) is 4.14. The molecular weight excluding hydrogens is 226 g/mol. The summed E-state index contributed by atoms with van der Waals surface area (Å²) in [4.78, 5) is 19.6. The fourth-order valence-electron chi connectivity index (χ4n) is 1.06. The second-order valence-electron chi connectivity index (χ2n) is 3.16. The molecule has 1 heterocycles. The maximum Gasteiger partial charge on any atom is 0.323 e. The van der Waals surface area contributed by atoms with Crippen LogP contribution in [0.5, 0.6) is 0 Å². The Bertz CT molecular complexity index is 360. The van der Waals surface area contributed by atoms with Crippen LogP contribution in [0.4, 0.5) is 0 Å². The highest BCUT2D eigenvalue weighted by atomic mass is 32.2. The van der Waals surface area contributed by atoms with Gasteiger partial charge in [-0.2, -0.15) is 0 Å². The zero-order chi connectivity index (χ0) is 12.0. The monoisotopic (exact) mass is 241 g/mol. The molecule has 0 aliphatic carbocycles. The van der Waals surface area contributed by atoms with Gasteiger partial charge in [-0.25, -0.2) is 9.97 Å². The number of methoxy groups -OCH3 is 1. The van der Waals surface area contributed by atoms with Crippen molar-refractivity contribution in [2.24, 2.45) is 0 Å². The van der Waals surface area contributed by atoms with Gasteiger partial charge in [-0.1, -0.05) is 11.8 Å². The number of rotatable bonds is 5. The van der Waals surface area contributed by atoms with E-state index in [1.807, 2.05) is 13.0 Å². The van der Waals surface area contributed by atoms with E-state index in [4.69, 9.17) is 0 Å². The average molecular weight is 241 g/mol. The highest BCUT2D eigenvalue weighted by molar-refractivity contribution is 7.99. The predicted octanol–water partition coefficient (Wildman–Crippen LogP) is 0.638. The Labute approximate surface area is 99.0 Å². The van der Waals surface area contributed by atoms with Crippen LogP contribution in [0.15, 0.2) is 17.4 Å². The van der Waals surface area contributed by atoms with Gasteiger partial charge in [-0.05, 0) is 20.0 Å². The molecule has 0 saturated heterocycles. The van der Waals surface area contributed by atoms with Gasteiger partial charge < -0.3 is 10.1 Å². The van der Waals surface area contributed by atoms with Crippen LogP contribution < -0.4 is 5.32 Å². The summed E-state index contributed by atoms with van der Waals surface area (Å²) in [5.74, 6) is 0.273. The predicted molar refractivity (Wildman–Crippen MR) is 62.4 cm³/mol. The standard InChI is InChI=1S/C10H15N3O2S/c1-7-4-5-12-10(13-7)16-6-8(11-2)9(14)15-3/h4-5,8,11H,6H2,1-3H3. The lowest BCUT2D eigenvalue weighted by molar-refractivity contribution is -0.142. The number of thioether (sulfide) groups is 1. The molecule has 0 aliphatic rings. The first-order valence-corrected chi connectivity index (χ1v) is 5.83. The summed E-state index contributed by atoms with van der Waals surface area (Å²) in [6.45, 7) is 1.90. The highest BCUT2D eigenvalue weighted by Gasteiger charge is 2.17. The Morgan fingerprint density at radius 1 is 1.69 bits per heavy atom. The fourth-order valence-corrected chi connectivity index (χ4v) is 2.03. The van der Waals surface area contributed by atoms with E-state index in [9.17, 15) is 4.79 Å². The molecule has 1 aromatic heterocycles. The van der Waals surface area contributed by atoms with Crippen LogP contribution >= 0.6 is 11.8 Å². The van der Waals surface area contributed by atoms with Crippen molar-refractivity contribution >= 4 is 17.7 Å². The van der Waals surface area contributed by atoms with Gasteiger partial charge in [0.15, 0.2) is 5.16 Å². The van der Waals surface area contributed by atoms with Gasteiger partial charge in [-0.3, -0.25) is 4.79 Å². The van der Waals surface area contributed by atoms with Crippen molar-refractivity contribution in [1.82, 2.24) is 15.3 Å². The molecule has 0 amide bonds. The first kappa shape index (κ1) is 12.9. The van der Waals surface area contributed by atoms with Gasteiger partial charge in [0.2, 0.25) is 0 Å². The molecule has 1 aromatic rings. The molecule has 1 N–H and O–H groups in total. The van der Waals surface area contributed by atoms with E-state index >= 15 is 0 Å². The number of carbonyl (C=O) groups is 1. The van der Waals surface area contributed by atoms with Crippen molar-refractivity contribution in [3.63, 3.8) is 0 Å². The van der Waals surface area contributed by atoms with E-state index in [1.54, 1.807) is 13.2 Å². The molecule has 1 unspecified atom stereocenters. The summed E-state index contributed by atoms with van der Waals surface area (Å²) < 4.78 is 4.66. The van der Waals surface area contributed by atoms with E-state index in [0.717, 1.165) is 5.69 Å². The molecule has 5 nitrogen and oxygen atoms in total. The lowest BCUT2D eigenvalue weighted by atomic mass is 10.3. The minimum Gasteiger partial charge on any atom is -0.468 e. The summed E-state index contributed by atoms with van der Waals surface area (Å²) in [6.07, 6.45) is 1.71. The number of aromatic nitrogens is 2. The van der Waals surface area contributed by atoms with Crippen LogP contribution in [0, 0.1) is 6.92 Å². The van der Waals surface area contributed by atoms with Gasteiger partial charge in [0, 0.05) is 17.6 Å². The van der Waals surface area contributed by atoms with Crippen molar-refractivity contribution in [2.45, 2.75) is 18.1 Å².